The average Bonchev–Trinajstić information content (AvgIpc) is 3.26. The van der Waals surface area contributed by atoms with Gasteiger partial charge in [0.2, 0.25) is 0 Å². The minimum atomic E-state index is -0.951. The van der Waals surface area contributed by atoms with Gasteiger partial charge in [0, 0.05) is 29.6 Å². The molecule has 32 heavy (non-hydrogen) atoms. The topological polar surface area (TPSA) is 59.3 Å². The number of carbonyl (C=O) groups is 2. The highest BCUT2D eigenvalue weighted by atomic mass is 16.4. The van der Waals surface area contributed by atoms with E-state index in [-0.39, 0.29) is 22.7 Å². The summed E-state index contributed by atoms with van der Waals surface area (Å²) in [4.78, 5) is 24.8. The van der Waals surface area contributed by atoms with Gasteiger partial charge < -0.3 is 9.67 Å². The number of rotatable bonds is 4. The quantitative estimate of drug-likeness (QED) is 0.400. The molecule has 0 aliphatic heterocycles. The van der Waals surface area contributed by atoms with E-state index in [4.69, 9.17) is 5.11 Å². The van der Waals surface area contributed by atoms with Crippen molar-refractivity contribution in [2.24, 2.45) is 5.41 Å². The Labute approximate surface area is 188 Å². The zero-order chi connectivity index (χ0) is 22.1. The number of allylic oxidation sites excluding steroid dienone is 2. The Bertz CT molecular complexity index is 1190. The zero-order valence-corrected chi connectivity index (χ0v) is 18.0. The molecule has 2 aliphatic rings. The lowest BCUT2D eigenvalue weighted by molar-refractivity contribution is 0.0696. The van der Waals surface area contributed by atoms with Gasteiger partial charge in [-0.15, -0.1) is 0 Å². The number of fused-ring (bicyclic) bond motifs is 1. The Morgan fingerprint density at radius 3 is 2.50 bits per heavy atom. The molecule has 0 bridgehead atoms. The first-order valence-electron chi connectivity index (χ1n) is 11.4. The molecule has 2 aromatic carbocycles. The Morgan fingerprint density at radius 2 is 1.78 bits per heavy atom. The van der Waals surface area contributed by atoms with Crippen molar-refractivity contribution in [3.8, 4) is 5.69 Å². The maximum Gasteiger partial charge on any atom is 0.337 e. The third-order valence-corrected chi connectivity index (χ3v) is 7.13. The summed E-state index contributed by atoms with van der Waals surface area (Å²) >= 11 is 0. The van der Waals surface area contributed by atoms with Crippen LogP contribution >= 0.6 is 0 Å². The van der Waals surface area contributed by atoms with Crippen molar-refractivity contribution in [2.75, 3.05) is 0 Å². The number of hydrogen-bond acceptors (Lipinski definition) is 2. The van der Waals surface area contributed by atoms with E-state index in [0.717, 1.165) is 31.4 Å². The van der Waals surface area contributed by atoms with Gasteiger partial charge in [0.05, 0.1) is 5.56 Å². The molecular formula is C28H27NO3. The van der Waals surface area contributed by atoms with Crippen molar-refractivity contribution in [2.45, 2.75) is 44.4 Å². The number of aromatic nitrogens is 1. The predicted octanol–water partition coefficient (Wildman–Crippen LogP) is 6.20. The standard InChI is InChI=1S/C28H27NO3/c30-26(20-8-10-23(11-9-20)29-17-13-22(19-29)27(31)32)25-12-16-28(14-4-1-5-15-28)18-21-6-2-3-7-24(21)25/h2-4,6-11,13-14,17,19,25H,1,5,12,15-16,18H2,(H,31,32). The van der Waals surface area contributed by atoms with E-state index in [1.165, 1.54) is 24.0 Å². The minimum Gasteiger partial charge on any atom is -0.478 e. The summed E-state index contributed by atoms with van der Waals surface area (Å²) in [5.41, 5.74) is 4.44. The molecule has 5 rings (SSSR count). The maximum atomic E-state index is 13.6. The molecule has 0 fully saturated rings. The van der Waals surface area contributed by atoms with Crippen LogP contribution in [0.15, 0.2) is 79.1 Å². The van der Waals surface area contributed by atoms with Gasteiger partial charge in [-0.05, 0) is 85.4 Å². The number of Topliss-reactive ketones (excluding diaryl/α,β-unsaturated/α-hetero) is 1. The van der Waals surface area contributed by atoms with Gasteiger partial charge in [0.1, 0.15) is 0 Å². The van der Waals surface area contributed by atoms with Crippen LogP contribution in [0, 0.1) is 5.41 Å². The summed E-state index contributed by atoms with van der Waals surface area (Å²) in [6.07, 6.45) is 14.5. The number of ketones is 1. The number of hydrogen-bond donors (Lipinski definition) is 1. The fourth-order valence-electron chi connectivity index (χ4n) is 5.39. The predicted molar refractivity (Wildman–Crippen MR) is 125 cm³/mol. The summed E-state index contributed by atoms with van der Waals surface area (Å²) in [5, 5.41) is 9.14. The molecule has 3 aromatic rings. The van der Waals surface area contributed by atoms with E-state index in [2.05, 4.69) is 30.4 Å². The van der Waals surface area contributed by atoms with Crippen LogP contribution in [0.1, 0.15) is 69.9 Å². The van der Waals surface area contributed by atoms with Gasteiger partial charge in [-0.2, -0.15) is 0 Å². The minimum absolute atomic E-state index is 0.128. The van der Waals surface area contributed by atoms with Crippen molar-refractivity contribution in [3.63, 3.8) is 0 Å². The monoisotopic (exact) mass is 425 g/mol. The van der Waals surface area contributed by atoms with Crippen molar-refractivity contribution < 1.29 is 14.7 Å². The molecule has 0 saturated heterocycles. The molecule has 0 radical (unpaired) electrons. The summed E-state index contributed by atoms with van der Waals surface area (Å²) in [6.45, 7) is 0. The lowest BCUT2D eigenvalue weighted by atomic mass is 9.72. The highest BCUT2D eigenvalue weighted by molar-refractivity contribution is 6.01. The highest BCUT2D eigenvalue weighted by Crippen LogP contribution is 2.46. The van der Waals surface area contributed by atoms with Crippen LogP contribution in [-0.2, 0) is 6.42 Å². The molecule has 1 N–H and O–H groups in total. The van der Waals surface area contributed by atoms with Crippen LogP contribution in [0.25, 0.3) is 5.69 Å². The summed E-state index contributed by atoms with van der Waals surface area (Å²) in [7, 11) is 0. The molecule has 2 unspecified atom stereocenters. The summed E-state index contributed by atoms with van der Waals surface area (Å²) in [5.74, 6) is -0.912. The van der Waals surface area contributed by atoms with Gasteiger partial charge in [-0.3, -0.25) is 4.79 Å². The molecule has 0 saturated carbocycles. The number of benzene rings is 2. The van der Waals surface area contributed by atoms with E-state index in [1.807, 2.05) is 30.3 Å². The molecule has 2 atom stereocenters. The Balaban J connectivity index is 1.43. The van der Waals surface area contributed by atoms with Crippen molar-refractivity contribution in [1.82, 2.24) is 4.57 Å². The average molecular weight is 426 g/mol. The molecule has 1 aromatic heterocycles. The van der Waals surface area contributed by atoms with E-state index in [1.54, 1.807) is 23.0 Å². The number of nitrogens with zero attached hydrogens (tertiary/aromatic N) is 1. The SMILES string of the molecule is O=C(O)c1ccn(-c2ccc(C(=O)C3CCC4(C=CCCC4)Cc4ccccc43)cc2)c1. The van der Waals surface area contributed by atoms with Crippen molar-refractivity contribution in [1.29, 1.82) is 0 Å². The van der Waals surface area contributed by atoms with Crippen LogP contribution in [0.4, 0.5) is 0 Å². The number of aromatic carboxylic acids is 1. The lowest BCUT2D eigenvalue weighted by Gasteiger charge is -2.32. The van der Waals surface area contributed by atoms with Crippen LogP contribution in [-0.4, -0.2) is 21.4 Å². The highest BCUT2D eigenvalue weighted by Gasteiger charge is 2.36. The molecule has 2 aliphatic carbocycles. The van der Waals surface area contributed by atoms with E-state index in [0.29, 0.717) is 5.56 Å². The molecule has 1 spiro atoms. The zero-order valence-electron chi connectivity index (χ0n) is 18.0. The maximum absolute atomic E-state index is 13.6. The van der Waals surface area contributed by atoms with E-state index < -0.39 is 5.97 Å². The fraction of sp³-hybridized carbons (Fsp3) is 0.286. The molecule has 162 valence electrons. The third-order valence-electron chi connectivity index (χ3n) is 7.13. The Kier molecular flexibility index (Phi) is 5.30. The first kappa shape index (κ1) is 20.5. The van der Waals surface area contributed by atoms with Crippen LogP contribution in [0.3, 0.4) is 0 Å². The van der Waals surface area contributed by atoms with Gasteiger partial charge in [-0.25, -0.2) is 4.79 Å². The smallest absolute Gasteiger partial charge is 0.337 e. The molecule has 0 amide bonds. The second-order valence-corrected chi connectivity index (χ2v) is 9.15. The molecular weight excluding hydrogens is 398 g/mol. The Hall–Kier alpha value is -3.40. The molecule has 1 heterocycles. The third kappa shape index (κ3) is 3.81. The van der Waals surface area contributed by atoms with E-state index >= 15 is 0 Å². The second-order valence-electron chi connectivity index (χ2n) is 9.15. The first-order valence-corrected chi connectivity index (χ1v) is 11.4. The van der Waals surface area contributed by atoms with Gasteiger partial charge >= 0.3 is 5.97 Å². The summed E-state index contributed by atoms with van der Waals surface area (Å²) in [6, 6.07) is 17.5. The fourth-order valence-corrected chi connectivity index (χ4v) is 5.39. The van der Waals surface area contributed by atoms with E-state index in [9.17, 15) is 9.59 Å². The van der Waals surface area contributed by atoms with Crippen LogP contribution in [0.2, 0.25) is 0 Å². The second kappa shape index (κ2) is 8.27. The largest absolute Gasteiger partial charge is 0.478 e. The lowest BCUT2D eigenvalue weighted by Crippen LogP contribution is -2.22. The van der Waals surface area contributed by atoms with Crippen molar-refractivity contribution >= 4 is 11.8 Å². The van der Waals surface area contributed by atoms with Gasteiger partial charge in [0.25, 0.3) is 0 Å². The summed E-state index contributed by atoms with van der Waals surface area (Å²) < 4.78 is 1.76. The van der Waals surface area contributed by atoms with Gasteiger partial charge in [-0.1, -0.05) is 36.4 Å². The van der Waals surface area contributed by atoms with Crippen LogP contribution in [0.5, 0.6) is 0 Å². The number of carboxylic acid groups (broad SMARTS) is 1. The normalized spacial score (nSPS) is 22.3. The van der Waals surface area contributed by atoms with Crippen molar-refractivity contribution in [3.05, 3.63) is 101 Å². The first-order chi connectivity index (χ1) is 15.5. The molecule has 4 nitrogen and oxygen atoms in total. The molecule has 4 heteroatoms. The Morgan fingerprint density at radius 1 is 0.969 bits per heavy atom. The van der Waals surface area contributed by atoms with Crippen LogP contribution < -0.4 is 0 Å². The van der Waals surface area contributed by atoms with Gasteiger partial charge in [0.15, 0.2) is 5.78 Å². The number of carbonyl (C=O) groups excluding carboxylic acids is 1. The number of carboxylic acids is 1.